The van der Waals surface area contributed by atoms with Gasteiger partial charge in [-0.25, -0.2) is 8.78 Å². The number of nitrogens with zero attached hydrogens (tertiary/aromatic N) is 3. The second-order valence-corrected chi connectivity index (χ2v) is 12.2. The highest BCUT2D eigenvalue weighted by atomic mass is 32.2. The number of amides is 1. The monoisotopic (exact) mass is 607 g/mol. The quantitative estimate of drug-likeness (QED) is 0.0672. The van der Waals surface area contributed by atoms with E-state index in [1.807, 2.05) is 0 Å². The number of aliphatic hydroxyl groups excluding tert-OH is 1. The predicted octanol–water partition coefficient (Wildman–Crippen LogP) is 7.16. The van der Waals surface area contributed by atoms with Crippen molar-refractivity contribution < 1.29 is 28.2 Å². The third-order valence-electron chi connectivity index (χ3n) is 6.58. The van der Waals surface area contributed by atoms with Crippen LogP contribution >= 0.6 is 23.1 Å². The van der Waals surface area contributed by atoms with Crippen LogP contribution < -0.4 is 9.64 Å². The standard InChI is InChI=1S/C31H27F2N3O4S2/c1-18(2)14-15-40-24-5-3-4-21(16-24)26-25(27(37)20-8-12-23(33)13-9-20)28(38)29(39)36(26)30-34-35-31(42-30)41-17-19-6-10-22(32)11-7-19/h3-13,16,18,26,37H,14-15,17H2,1-2H3. The topological polar surface area (TPSA) is 92.6 Å². The van der Waals surface area contributed by atoms with Crippen molar-refractivity contribution in [2.24, 2.45) is 5.92 Å². The highest BCUT2D eigenvalue weighted by Gasteiger charge is 2.48. The van der Waals surface area contributed by atoms with E-state index in [1.165, 1.54) is 53.1 Å². The molecule has 0 aliphatic carbocycles. The average molecular weight is 608 g/mol. The molecule has 0 bridgehead atoms. The lowest BCUT2D eigenvalue weighted by molar-refractivity contribution is -0.132. The molecule has 1 aromatic heterocycles. The van der Waals surface area contributed by atoms with E-state index in [2.05, 4.69) is 24.0 Å². The summed E-state index contributed by atoms with van der Waals surface area (Å²) in [6, 6.07) is 17.1. The van der Waals surface area contributed by atoms with Gasteiger partial charge in [-0.2, -0.15) is 0 Å². The SMILES string of the molecule is CC(C)CCOc1cccc(C2C(=C(O)c3ccc(F)cc3)C(=O)C(=O)N2c2nnc(SCc3ccc(F)cc3)s2)c1. The predicted molar refractivity (Wildman–Crippen MR) is 158 cm³/mol. The van der Waals surface area contributed by atoms with Crippen LogP contribution in [0.1, 0.15) is 43.0 Å². The lowest BCUT2D eigenvalue weighted by atomic mass is 9.95. The Morgan fingerprint density at radius 2 is 1.71 bits per heavy atom. The van der Waals surface area contributed by atoms with Crippen LogP contribution in [0.15, 0.2) is 82.7 Å². The molecule has 1 unspecified atom stereocenters. The van der Waals surface area contributed by atoms with Crippen molar-refractivity contribution in [3.63, 3.8) is 0 Å². The number of ketones is 1. The van der Waals surface area contributed by atoms with Gasteiger partial charge in [0.2, 0.25) is 5.13 Å². The fourth-order valence-electron chi connectivity index (χ4n) is 4.38. The van der Waals surface area contributed by atoms with Gasteiger partial charge in [0.1, 0.15) is 23.1 Å². The third-order valence-corrected chi connectivity index (χ3v) is 8.70. The molecule has 42 heavy (non-hydrogen) atoms. The summed E-state index contributed by atoms with van der Waals surface area (Å²) >= 11 is 2.48. The number of carbonyl (C=O) groups excluding carboxylic acids is 2. The molecule has 0 spiro atoms. The van der Waals surface area contributed by atoms with Crippen LogP contribution in [0.25, 0.3) is 5.76 Å². The zero-order chi connectivity index (χ0) is 29.8. The summed E-state index contributed by atoms with van der Waals surface area (Å²) < 4.78 is 33.3. The second-order valence-electron chi connectivity index (χ2n) is 10.0. The number of ether oxygens (including phenoxy) is 1. The smallest absolute Gasteiger partial charge is 0.301 e. The molecule has 0 saturated carbocycles. The molecule has 1 aliphatic heterocycles. The maximum Gasteiger partial charge on any atom is 0.301 e. The lowest BCUT2D eigenvalue weighted by Gasteiger charge is -2.23. The van der Waals surface area contributed by atoms with E-state index < -0.39 is 29.3 Å². The Labute approximate surface area is 249 Å². The molecule has 0 radical (unpaired) electrons. The van der Waals surface area contributed by atoms with Crippen molar-refractivity contribution in [1.29, 1.82) is 0 Å². The summed E-state index contributed by atoms with van der Waals surface area (Å²) in [5, 5.41) is 19.9. The first-order chi connectivity index (χ1) is 20.2. The molecule has 1 N–H and O–H groups in total. The van der Waals surface area contributed by atoms with Gasteiger partial charge in [0, 0.05) is 11.3 Å². The fourth-order valence-corrected chi connectivity index (χ4v) is 6.20. The number of rotatable bonds is 10. The zero-order valence-electron chi connectivity index (χ0n) is 22.8. The van der Waals surface area contributed by atoms with Crippen LogP contribution in [0, 0.1) is 17.6 Å². The number of hydrogen-bond donors (Lipinski definition) is 1. The Morgan fingerprint density at radius 3 is 2.40 bits per heavy atom. The van der Waals surface area contributed by atoms with Crippen LogP contribution in [0.2, 0.25) is 0 Å². The van der Waals surface area contributed by atoms with Gasteiger partial charge in [-0.3, -0.25) is 14.5 Å². The molecule has 11 heteroatoms. The average Bonchev–Trinajstić information content (AvgIpc) is 3.54. The summed E-state index contributed by atoms with van der Waals surface area (Å²) in [7, 11) is 0. The van der Waals surface area contributed by atoms with E-state index in [9.17, 15) is 23.5 Å². The molecule has 5 rings (SSSR count). The van der Waals surface area contributed by atoms with Gasteiger partial charge in [0.05, 0.1) is 18.2 Å². The molecule has 1 amide bonds. The van der Waals surface area contributed by atoms with E-state index in [1.54, 1.807) is 36.4 Å². The van der Waals surface area contributed by atoms with Crippen molar-refractivity contribution in [2.45, 2.75) is 36.4 Å². The van der Waals surface area contributed by atoms with Crippen LogP contribution in [-0.2, 0) is 15.3 Å². The van der Waals surface area contributed by atoms with Crippen molar-refractivity contribution >= 4 is 45.7 Å². The molecule has 7 nitrogen and oxygen atoms in total. The minimum atomic E-state index is -1.04. The number of halogens is 2. The number of anilines is 1. The fraction of sp³-hybridized carbons (Fsp3) is 0.226. The molecule has 1 atom stereocenters. The second kappa shape index (κ2) is 12.8. The first-order valence-corrected chi connectivity index (χ1v) is 15.0. The van der Waals surface area contributed by atoms with Crippen molar-refractivity contribution in [1.82, 2.24) is 10.2 Å². The number of aromatic nitrogens is 2. The molecule has 2 heterocycles. The van der Waals surface area contributed by atoms with Crippen LogP contribution in [-0.4, -0.2) is 33.6 Å². The molecular formula is C31H27F2N3O4S2. The Balaban J connectivity index is 1.52. The van der Waals surface area contributed by atoms with Crippen LogP contribution in [0.5, 0.6) is 5.75 Å². The largest absolute Gasteiger partial charge is 0.507 e. The molecule has 3 aromatic carbocycles. The lowest BCUT2D eigenvalue weighted by Crippen LogP contribution is -2.29. The molecular weight excluding hydrogens is 580 g/mol. The van der Waals surface area contributed by atoms with Gasteiger partial charge < -0.3 is 9.84 Å². The van der Waals surface area contributed by atoms with Gasteiger partial charge >= 0.3 is 5.91 Å². The van der Waals surface area contributed by atoms with Gasteiger partial charge in [0.15, 0.2) is 4.34 Å². The molecule has 216 valence electrons. The Hall–Kier alpha value is -4.09. The number of benzene rings is 3. The Morgan fingerprint density at radius 1 is 1.02 bits per heavy atom. The van der Waals surface area contributed by atoms with Gasteiger partial charge in [-0.1, -0.05) is 61.2 Å². The van der Waals surface area contributed by atoms with Crippen LogP contribution in [0.4, 0.5) is 13.9 Å². The first-order valence-electron chi connectivity index (χ1n) is 13.2. The van der Waals surface area contributed by atoms with Crippen molar-refractivity contribution in [3.8, 4) is 5.75 Å². The number of aliphatic hydroxyl groups is 1. The number of Topliss-reactive ketones (excluding diaryl/α,β-unsaturated/α-hetero) is 1. The Bertz CT molecular complexity index is 1620. The van der Waals surface area contributed by atoms with E-state index in [0.717, 1.165) is 23.3 Å². The summed E-state index contributed by atoms with van der Waals surface area (Å²) in [4.78, 5) is 28.1. The van der Waals surface area contributed by atoms with Gasteiger partial charge in [-0.05, 0) is 72.0 Å². The summed E-state index contributed by atoms with van der Waals surface area (Å²) in [6.07, 6.45) is 0.844. The van der Waals surface area contributed by atoms with Gasteiger partial charge in [0.25, 0.3) is 5.78 Å². The highest BCUT2D eigenvalue weighted by molar-refractivity contribution is 8.00. The van der Waals surface area contributed by atoms with Gasteiger partial charge in [-0.15, -0.1) is 10.2 Å². The number of hydrogen-bond acceptors (Lipinski definition) is 8. The minimum absolute atomic E-state index is 0.151. The van der Waals surface area contributed by atoms with Crippen molar-refractivity contribution in [3.05, 3.63) is 107 Å². The third kappa shape index (κ3) is 6.52. The Kier molecular flexibility index (Phi) is 8.98. The number of carbonyl (C=O) groups is 2. The number of thioether (sulfide) groups is 1. The summed E-state index contributed by atoms with van der Waals surface area (Å²) in [5.41, 5.74) is 1.45. The maximum atomic E-state index is 13.6. The highest BCUT2D eigenvalue weighted by Crippen LogP contribution is 2.44. The molecule has 1 fully saturated rings. The molecule has 4 aromatic rings. The normalized spacial score (nSPS) is 16.4. The summed E-state index contributed by atoms with van der Waals surface area (Å²) in [6.45, 7) is 4.68. The van der Waals surface area contributed by atoms with E-state index in [4.69, 9.17) is 4.74 Å². The van der Waals surface area contributed by atoms with Crippen LogP contribution in [0.3, 0.4) is 0 Å². The van der Waals surface area contributed by atoms with E-state index in [-0.39, 0.29) is 22.1 Å². The molecule has 1 saturated heterocycles. The van der Waals surface area contributed by atoms with E-state index in [0.29, 0.717) is 33.9 Å². The molecule has 1 aliphatic rings. The van der Waals surface area contributed by atoms with E-state index >= 15 is 0 Å². The maximum absolute atomic E-state index is 13.6. The first kappa shape index (κ1) is 29.4. The zero-order valence-corrected chi connectivity index (χ0v) is 24.4. The summed E-state index contributed by atoms with van der Waals surface area (Å²) in [5.74, 6) is -1.54. The minimum Gasteiger partial charge on any atom is -0.507 e. The van der Waals surface area contributed by atoms with Crippen molar-refractivity contribution in [2.75, 3.05) is 11.5 Å².